The first kappa shape index (κ1) is 20.0. The monoisotopic (exact) mass is 346 g/mol. The van der Waals surface area contributed by atoms with E-state index in [1.807, 2.05) is 0 Å². The number of rotatable bonds is 10. The van der Waals surface area contributed by atoms with Crippen molar-refractivity contribution in [1.29, 1.82) is 0 Å². The summed E-state index contributed by atoms with van der Waals surface area (Å²) in [5.41, 5.74) is 4.60. The molecule has 0 spiro atoms. The van der Waals surface area contributed by atoms with Gasteiger partial charge in [0.1, 0.15) is 5.54 Å². The maximum atomic E-state index is 12.9. The van der Waals surface area contributed by atoms with Crippen molar-refractivity contribution in [3.8, 4) is 0 Å². The molecule has 4 N–H and O–H groups in total. The number of carboxylic acid groups (broad SMARTS) is 2. The minimum absolute atomic E-state index is 0.0526. The number of carbonyl (C=O) groups excluding carboxylic acids is 1. The highest BCUT2D eigenvalue weighted by atomic mass is 16.4. The Labute approximate surface area is 146 Å². The highest BCUT2D eigenvalue weighted by Crippen LogP contribution is 2.29. The van der Waals surface area contributed by atoms with Crippen molar-refractivity contribution in [3.63, 3.8) is 0 Å². The van der Waals surface area contributed by atoms with E-state index in [0.29, 0.717) is 5.69 Å². The lowest BCUT2D eigenvalue weighted by Gasteiger charge is -2.39. The van der Waals surface area contributed by atoms with Gasteiger partial charge in [-0.3, -0.25) is 9.59 Å². The molecule has 0 saturated carbocycles. The molecule has 0 heterocycles. The van der Waals surface area contributed by atoms with Gasteiger partial charge >= 0.3 is 11.9 Å². The summed E-state index contributed by atoms with van der Waals surface area (Å²) in [5.74, 6) is -2.98. The standard InChI is InChI=1S/C18H22N2O5/c1-3-10-18(17(24)25,11-9-15(21)22)20(12-4-2)16(23)13-5-7-14(19)8-6-13/h3-8H,1-2,9-12,19H2,(H,21,22)(H,24,25)/t18-/m0/s1. The number of benzene rings is 1. The van der Waals surface area contributed by atoms with Gasteiger partial charge in [0, 0.05) is 24.2 Å². The molecule has 0 aromatic heterocycles. The quantitative estimate of drug-likeness (QED) is 0.441. The van der Waals surface area contributed by atoms with Crippen LogP contribution in [0.4, 0.5) is 5.69 Å². The lowest BCUT2D eigenvalue weighted by molar-refractivity contribution is -0.151. The summed E-state index contributed by atoms with van der Waals surface area (Å²) in [6, 6.07) is 6.05. The third-order valence-corrected chi connectivity index (χ3v) is 3.86. The second-order valence-electron chi connectivity index (χ2n) is 5.55. The molecular weight excluding hydrogens is 324 g/mol. The Hall–Kier alpha value is -3.09. The topological polar surface area (TPSA) is 121 Å². The second kappa shape index (κ2) is 8.68. The molecule has 0 unspecified atom stereocenters. The highest BCUT2D eigenvalue weighted by Gasteiger charge is 2.45. The molecule has 1 aromatic rings. The Morgan fingerprint density at radius 3 is 2.16 bits per heavy atom. The zero-order chi connectivity index (χ0) is 19.0. The van der Waals surface area contributed by atoms with Gasteiger partial charge < -0.3 is 20.8 Å². The van der Waals surface area contributed by atoms with E-state index in [4.69, 9.17) is 10.8 Å². The van der Waals surface area contributed by atoms with Gasteiger partial charge in [0.05, 0.1) is 0 Å². The van der Waals surface area contributed by atoms with Crippen molar-refractivity contribution in [2.75, 3.05) is 12.3 Å². The molecule has 0 radical (unpaired) electrons. The summed E-state index contributed by atoms with van der Waals surface area (Å²) in [5, 5.41) is 18.8. The maximum Gasteiger partial charge on any atom is 0.329 e. The molecule has 7 heteroatoms. The molecule has 134 valence electrons. The molecule has 0 aliphatic rings. The van der Waals surface area contributed by atoms with Crippen molar-refractivity contribution >= 4 is 23.5 Å². The lowest BCUT2D eigenvalue weighted by Crippen LogP contribution is -2.57. The normalized spacial score (nSPS) is 12.6. The van der Waals surface area contributed by atoms with Crippen LogP contribution in [-0.4, -0.2) is 45.0 Å². The van der Waals surface area contributed by atoms with Gasteiger partial charge in [0.15, 0.2) is 0 Å². The number of anilines is 1. The van der Waals surface area contributed by atoms with E-state index in [2.05, 4.69) is 13.2 Å². The molecule has 1 amide bonds. The van der Waals surface area contributed by atoms with Gasteiger partial charge in [-0.15, -0.1) is 13.2 Å². The van der Waals surface area contributed by atoms with Gasteiger partial charge in [0.25, 0.3) is 5.91 Å². The molecule has 0 bridgehead atoms. The Morgan fingerprint density at radius 2 is 1.72 bits per heavy atom. The van der Waals surface area contributed by atoms with E-state index in [1.165, 1.54) is 36.4 Å². The number of carboxylic acids is 2. The first-order chi connectivity index (χ1) is 11.8. The van der Waals surface area contributed by atoms with Gasteiger partial charge in [-0.2, -0.15) is 0 Å². The highest BCUT2D eigenvalue weighted by molar-refractivity contribution is 5.98. The fourth-order valence-corrected chi connectivity index (χ4v) is 2.57. The predicted molar refractivity (Wildman–Crippen MR) is 94.1 cm³/mol. The van der Waals surface area contributed by atoms with Crippen LogP contribution in [0.1, 0.15) is 29.6 Å². The Balaban J connectivity index is 3.38. The van der Waals surface area contributed by atoms with Crippen LogP contribution in [0.15, 0.2) is 49.6 Å². The molecule has 1 aromatic carbocycles. The fourth-order valence-electron chi connectivity index (χ4n) is 2.57. The minimum atomic E-state index is -1.73. The van der Waals surface area contributed by atoms with Crippen molar-refractivity contribution in [1.82, 2.24) is 4.90 Å². The molecule has 0 saturated heterocycles. The number of nitrogens with two attached hydrogens (primary N) is 1. The van der Waals surface area contributed by atoms with Crippen molar-refractivity contribution < 1.29 is 24.6 Å². The van der Waals surface area contributed by atoms with Crippen LogP contribution in [0.25, 0.3) is 0 Å². The molecule has 1 rings (SSSR count). The first-order valence-electron chi connectivity index (χ1n) is 7.63. The van der Waals surface area contributed by atoms with E-state index in [1.54, 1.807) is 0 Å². The summed E-state index contributed by atoms with van der Waals surface area (Å²) in [7, 11) is 0. The van der Waals surface area contributed by atoms with Crippen LogP contribution >= 0.6 is 0 Å². The van der Waals surface area contributed by atoms with Gasteiger partial charge in [-0.25, -0.2) is 4.79 Å². The Kier molecular flexibility index (Phi) is 6.93. The zero-order valence-electron chi connectivity index (χ0n) is 13.9. The van der Waals surface area contributed by atoms with Crippen LogP contribution in [0.5, 0.6) is 0 Å². The number of nitrogens with zero attached hydrogens (tertiary/aromatic N) is 1. The summed E-state index contributed by atoms with van der Waals surface area (Å²) >= 11 is 0. The number of nitrogen functional groups attached to an aromatic ring is 1. The minimum Gasteiger partial charge on any atom is -0.481 e. The van der Waals surface area contributed by atoms with E-state index in [0.717, 1.165) is 4.90 Å². The summed E-state index contributed by atoms with van der Waals surface area (Å²) < 4.78 is 0. The van der Waals surface area contributed by atoms with Crippen LogP contribution < -0.4 is 5.73 Å². The number of hydrogen-bond acceptors (Lipinski definition) is 4. The van der Waals surface area contributed by atoms with Crippen LogP contribution in [0.3, 0.4) is 0 Å². The predicted octanol–water partition coefficient (Wildman–Crippen LogP) is 2.16. The SMILES string of the molecule is C=CCN(C(=O)c1ccc(N)cc1)[C@@](CC=C)(CCC(=O)O)C(=O)O. The number of aliphatic carboxylic acids is 2. The third-order valence-electron chi connectivity index (χ3n) is 3.86. The third kappa shape index (κ3) is 4.69. The second-order valence-corrected chi connectivity index (χ2v) is 5.55. The first-order valence-corrected chi connectivity index (χ1v) is 7.63. The van der Waals surface area contributed by atoms with E-state index in [-0.39, 0.29) is 24.9 Å². The average Bonchev–Trinajstić information content (AvgIpc) is 2.56. The van der Waals surface area contributed by atoms with Crippen LogP contribution in [0.2, 0.25) is 0 Å². The average molecular weight is 346 g/mol. The van der Waals surface area contributed by atoms with Gasteiger partial charge in [-0.05, 0) is 37.1 Å². The molecule has 0 aliphatic carbocycles. The van der Waals surface area contributed by atoms with E-state index in [9.17, 15) is 19.5 Å². The van der Waals surface area contributed by atoms with Gasteiger partial charge in [0.2, 0.25) is 0 Å². The summed E-state index contributed by atoms with van der Waals surface area (Å²) in [4.78, 5) is 37.0. The molecular formula is C18H22N2O5. The van der Waals surface area contributed by atoms with E-state index >= 15 is 0 Å². The molecule has 0 fully saturated rings. The van der Waals surface area contributed by atoms with Crippen LogP contribution in [0, 0.1) is 0 Å². The van der Waals surface area contributed by atoms with Crippen molar-refractivity contribution in [2.45, 2.75) is 24.8 Å². The Morgan fingerprint density at radius 1 is 1.12 bits per heavy atom. The Bertz CT molecular complexity index is 669. The summed E-state index contributed by atoms with van der Waals surface area (Å²) in [6.07, 6.45) is 2.02. The smallest absolute Gasteiger partial charge is 0.329 e. The van der Waals surface area contributed by atoms with Crippen LogP contribution in [-0.2, 0) is 9.59 Å². The van der Waals surface area contributed by atoms with Crippen molar-refractivity contribution in [2.24, 2.45) is 0 Å². The maximum absolute atomic E-state index is 12.9. The lowest BCUT2D eigenvalue weighted by atomic mass is 9.86. The fraction of sp³-hybridized carbons (Fsp3) is 0.278. The largest absolute Gasteiger partial charge is 0.481 e. The summed E-state index contributed by atoms with van der Waals surface area (Å²) in [6.45, 7) is 7.07. The molecule has 1 atom stereocenters. The number of carbonyl (C=O) groups is 3. The number of amides is 1. The van der Waals surface area contributed by atoms with E-state index < -0.39 is 29.8 Å². The van der Waals surface area contributed by atoms with Gasteiger partial charge in [-0.1, -0.05) is 12.2 Å². The number of hydrogen-bond donors (Lipinski definition) is 3. The zero-order valence-corrected chi connectivity index (χ0v) is 13.9. The molecule has 7 nitrogen and oxygen atoms in total. The molecule has 0 aliphatic heterocycles. The van der Waals surface area contributed by atoms with Crippen molar-refractivity contribution in [3.05, 3.63) is 55.1 Å². The molecule has 25 heavy (non-hydrogen) atoms.